The number of aryl methyl sites for hydroxylation is 2. The number of halogens is 5. The first kappa shape index (κ1) is 111. The number of carbonyl (C=O) groups excluding carboxylic acids is 5. The van der Waals surface area contributed by atoms with Crippen molar-refractivity contribution in [2.75, 3.05) is 98.2 Å². The van der Waals surface area contributed by atoms with Gasteiger partial charge in [0.1, 0.15) is 23.7 Å². The van der Waals surface area contributed by atoms with E-state index in [0.29, 0.717) is 96.4 Å². The monoisotopic (exact) mass is 2070 g/mol. The van der Waals surface area contributed by atoms with Crippen LogP contribution in [0.5, 0.6) is 11.5 Å². The van der Waals surface area contributed by atoms with Gasteiger partial charge in [-0.25, -0.2) is 0 Å². The molecule has 25 heteroatoms. The minimum absolute atomic E-state index is 0.0417. The molecule has 0 aliphatic carbocycles. The first-order chi connectivity index (χ1) is 72.6. The number of aliphatic hydroxyl groups is 3. The number of fused-ring (bicyclic) bond motifs is 5. The summed E-state index contributed by atoms with van der Waals surface area (Å²) in [6, 6.07) is 85.8. The van der Waals surface area contributed by atoms with Gasteiger partial charge >= 0.3 is 6.18 Å². The van der Waals surface area contributed by atoms with E-state index in [1.807, 2.05) is 168 Å². The van der Waals surface area contributed by atoms with Gasteiger partial charge in [-0.3, -0.25) is 24.0 Å². The van der Waals surface area contributed by atoms with Gasteiger partial charge in [-0.15, -0.1) is 0 Å². The molecule has 3 N–H and O–H groups in total. The molecule has 5 aliphatic rings. The number of hydrogen-bond donors (Lipinski definition) is 3. The highest BCUT2D eigenvalue weighted by Crippen LogP contribution is 2.36. The summed E-state index contributed by atoms with van der Waals surface area (Å²) < 4.78 is 61.3. The second-order valence-electron chi connectivity index (χ2n) is 41.8. The average Bonchev–Trinajstić information content (AvgIpc) is 1.64. The summed E-state index contributed by atoms with van der Waals surface area (Å²) in [5.41, 5.74) is 11.2. The first-order valence-electron chi connectivity index (χ1n) is 53.8. The van der Waals surface area contributed by atoms with Gasteiger partial charge in [-0.2, -0.15) is 13.2 Å². The molecular formula is C125H145Cl2F3N10O10. The molecule has 5 fully saturated rings. The van der Waals surface area contributed by atoms with E-state index in [0.717, 1.165) is 183 Å². The van der Waals surface area contributed by atoms with Crippen molar-refractivity contribution in [3.63, 3.8) is 0 Å². The van der Waals surface area contributed by atoms with E-state index in [1.54, 1.807) is 49.6 Å². The zero-order chi connectivity index (χ0) is 105. The quantitative estimate of drug-likeness (QED) is 0.0312. The number of para-hydroxylation sites is 6. The lowest BCUT2D eigenvalue weighted by Crippen LogP contribution is -2.46. The molecule has 20 nitrogen and oxygen atoms in total. The first-order valence-corrected chi connectivity index (χ1v) is 54.6. The maximum atomic E-state index is 13.0. The molecule has 0 saturated carbocycles. The van der Waals surface area contributed by atoms with Crippen LogP contribution in [-0.2, 0) is 52.0 Å². The van der Waals surface area contributed by atoms with Crippen molar-refractivity contribution in [1.29, 1.82) is 0 Å². The maximum absolute atomic E-state index is 13.0. The molecular weight excluding hydrogens is 1930 g/mol. The molecule has 0 amide bonds. The number of aliphatic hydroxyl groups excluding tert-OH is 2. The highest BCUT2D eigenvalue weighted by molar-refractivity contribution is 6.32. The minimum Gasteiger partial charge on any atom is -0.490 e. The fraction of sp³-hybridized carbons (Fsp3) is 0.400. The Balaban J connectivity index is 0.000000134. The van der Waals surface area contributed by atoms with Crippen LogP contribution in [0.3, 0.4) is 0 Å². The van der Waals surface area contributed by atoms with Crippen LogP contribution >= 0.6 is 23.2 Å². The zero-order valence-electron chi connectivity index (χ0n) is 87.3. The lowest BCUT2D eigenvalue weighted by atomic mass is 9.85. The third-order valence-electron chi connectivity index (χ3n) is 30.4. The summed E-state index contributed by atoms with van der Waals surface area (Å²) in [6.45, 7) is 26.7. The number of carbonyl (C=O) groups is 5. The van der Waals surface area contributed by atoms with Crippen molar-refractivity contribution in [2.24, 2.45) is 17.8 Å². The number of β-amino-alcohol motifs (C(OH)–C–C–N with tert-alkyl or cyclic N) is 2. The summed E-state index contributed by atoms with van der Waals surface area (Å²) in [7, 11) is 0. The van der Waals surface area contributed by atoms with E-state index < -0.39 is 29.8 Å². The van der Waals surface area contributed by atoms with Crippen LogP contribution in [0, 0.1) is 17.8 Å². The van der Waals surface area contributed by atoms with E-state index in [9.17, 15) is 52.5 Å². The molecule has 0 bridgehead atoms. The number of piperidine rings is 5. The van der Waals surface area contributed by atoms with Crippen LogP contribution in [-0.4, -0.2) is 226 Å². The number of aromatic nitrogens is 5. The lowest BCUT2D eigenvalue weighted by molar-refractivity contribution is -0.0884. The number of nitrogens with zero attached hydrogens (tertiary/aromatic N) is 10. The van der Waals surface area contributed by atoms with Gasteiger partial charge in [-0.05, 0) is 251 Å². The van der Waals surface area contributed by atoms with Gasteiger partial charge in [0.15, 0.2) is 23.1 Å². The van der Waals surface area contributed by atoms with Crippen LogP contribution in [0.2, 0.25) is 10.0 Å². The number of alkyl halides is 3. The third-order valence-corrected chi connectivity index (χ3v) is 31.0. The van der Waals surface area contributed by atoms with E-state index >= 15 is 0 Å². The standard InChI is InChI=1S/2C26H32N2O.C25H27F3N2O2.2C24H27ClN2O3/c1-20(18-28-19-25(21(2)29)24-10-6-7-11-26(24)28)17-27-14-12-23(13-15-27)16-22-8-4-3-5-9-22;1-2-26(29)24-20-28(25-12-7-6-11-23(24)25)16-8-15-27-17-13-22(14-18-27)19-21-9-4-3-5-10-21;26-25(27,28)23(31)21-18-30(22-10-5-4-9-20(21)22)14-6-13-29-15-11-24(32,12-16-29)17-19-7-2-1-3-8-19;1-17(28)21-16-27(23-8-4-2-6-20(21)23)15-18(29)14-26-12-10-19(11-13-26)30-24-9-5-3-7-22(24)25;1-17(28)23-16-27(24-5-3-2-4-22(23)24)15-19(29)14-26-12-10-21(11-13-26)30-20-8-6-18(25)7-9-20/h3-11,19-20,23H,12-18H2,1-2H3;3-7,9-12,20,22H,2,8,13-19H2,1H3;1-5,7-10,18,32H,6,11-17H2;2-9,16,18-19,29H,10-15H2,1H3;2-9,16,19,21,29H,10-15H2,1H3. The summed E-state index contributed by atoms with van der Waals surface area (Å²) in [6.07, 6.45) is 19.4. The minimum atomic E-state index is -4.89. The van der Waals surface area contributed by atoms with Crippen LogP contribution in [0.1, 0.15) is 187 Å². The Labute approximate surface area is 890 Å². The number of Topliss-reactive ketones (excluding diaryl/α,β-unsaturated/α-hetero) is 5. The Bertz CT molecular complexity index is 6900. The highest BCUT2D eigenvalue weighted by Gasteiger charge is 2.41. The largest absolute Gasteiger partial charge is 0.490 e. The van der Waals surface area contributed by atoms with Crippen LogP contribution < -0.4 is 9.47 Å². The molecule has 0 spiro atoms. The molecule has 0 radical (unpaired) electrons. The molecule has 790 valence electrons. The van der Waals surface area contributed by atoms with Crippen molar-refractivity contribution in [2.45, 2.75) is 206 Å². The molecule has 3 atom stereocenters. The van der Waals surface area contributed by atoms with Gasteiger partial charge in [0, 0.05) is 217 Å². The Kier molecular flexibility index (Phi) is 39.2. The van der Waals surface area contributed by atoms with Crippen LogP contribution in [0.15, 0.2) is 292 Å². The average molecular weight is 2080 g/mol. The Morgan fingerprint density at radius 2 is 0.713 bits per heavy atom. The van der Waals surface area contributed by atoms with Crippen molar-refractivity contribution in [3.05, 3.63) is 346 Å². The highest BCUT2D eigenvalue weighted by atomic mass is 35.5. The van der Waals surface area contributed by atoms with Gasteiger partial charge in [0.05, 0.1) is 28.4 Å². The third kappa shape index (κ3) is 30.5. The number of likely N-dealkylation sites (tertiary alicyclic amines) is 5. The van der Waals surface area contributed by atoms with Crippen molar-refractivity contribution in [3.8, 4) is 11.5 Å². The fourth-order valence-corrected chi connectivity index (χ4v) is 22.8. The van der Waals surface area contributed by atoms with E-state index in [1.165, 1.54) is 93.1 Å². The molecule has 20 rings (SSSR count). The Hall–Kier alpha value is -12.1. The predicted molar refractivity (Wildman–Crippen MR) is 598 cm³/mol. The van der Waals surface area contributed by atoms with Crippen molar-refractivity contribution < 1.29 is 61.9 Å². The van der Waals surface area contributed by atoms with Gasteiger partial charge in [0.25, 0.3) is 5.78 Å². The topological polar surface area (TPSA) is 205 Å². The molecule has 10 aromatic carbocycles. The SMILES string of the molecule is CC(=O)c1cn(CC(C)CN2CCC(Cc3ccccc3)CC2)c2ccccc12.CC(=O)c1cn(CC(O)CN2CCC(Oc3ccc(Cl)cc3)CC2)c2ccccc12.CC(=O)c1cn(CC(O)CN2CCC(Oc3ccccc3Cl)CC2)c2ccccc12.CCC(=O)c1cn(CCCN2CCC(Cc3ccccc3)CC2)c2ccccc12.O=C(c1cn(CCCN2CCC(O)(Cc3ccccc3)CC2)c2ccccc12)C(F)(F)F. The number of hydrogen-bond acceptors (Lipinski definition) is 15. The van der Waals surface area contributed by atoms with E-state index in [4.69, 9.17) is 32.7 Å². The summed E-state index contributed by atoms with van der Waals surface area (Å²) in [4.78, 5) is 72.1. The second-order valence-corrected chi connectivity index (χ2v) is 42.6. The van der Waals surface area contributed by atoms with Crippen LogP contribution in [0.4, 0.5) is 13.2 Å². The number of ether oxygens (including phenoxy) is 2. The van der Waals surface area contributed by atoms with E-state index in [2.05, 4.69) is 150 Å². The zero-order valence-corrected chi connectivity index (χ0v) is 88.8. The van der Waals surface area contributed by atoms with Gasteiger partial charge in [0.2, 0.25) is 0 Å². The van der Waals surface area contributed by atoms with E-state index in [-0.39, 0.29) is 40.9 Å². The van der Waals surface area contributed by atoms with Gasteiger partial charge < -0.3 is 72.1 Å². The smallest absolute Gasteiger partial charge is 0.454 e. The van der Waals surface area contributed by atoms with Crippen molar-refractivity contribution in [1.82, 2.24) is 47.3 Å². The number of benzene rings is 10. The summed E-state index contributed by atoms with van der Waals surface area (Å²) in [5.74, 6) is 2.44. The van der Waals surface area contributed by atoms with Crippen molar-refractivity contribution >= 4 is 107 Å². The Morgan fingerprint density at radius 3 is 1.13 bits per heavy atom. The molecule has 5 aromatic heterocycles. The summed E-state index contributed by atoms with van der Waals surface area (Å²) in [5, 5.41) is 38.1. The second kappa shape index (κ2) is 53.3. The molecule has 5 saturated heterocycles. The molecule has 15 aromatic rings. The number of rotatable bonds is 36. The maximum Gasteiger partial charge on any atom is 0.454 e. The Morgan fingerprint density at radius 1 is 0.373 bits per heavy atom. The lowest BCUT2D eigenvalue weighted by Gasteiger charge is -2.38. The summed E-state index contributed by atoms with van der Waals surface area (Å²) >= 11 is 12.1. The van der Waals surface area contributed by atoms with Gasteiger partial charge in [-0.1, -0.05) is 231 Å². The molecule has 3 unspecified atom stereocenters. The molecule has 10 heterocycles. The predicted octanol–water partition coefficient (Wildman–Crippen LogP) is 24.7. The normalized spacial score (nSPS) is 16.6. The number of ketones is 5. The van der Waals surface area contributed by atoms with Crippen LogP contribution in [0.25, 0.3) is 54.5 Å². The fourth-order valence-electron chi connectivity index (χ4n) is 22.4. The molecule has 150 heavy (non-hydrogen) atoms. The molecule has 5 aliphatic heterocycles.